The maximum atomic E-state index is 12.9. The lowest BCUT2D eigenvalue weighted by Crippen LogP contribution is -2.45. The number of likely N-dealkylation sites (tertiary alicyclic amines) is 1. The van der Waals surface area contributed by atoms with E-state index in [9.17, 15) is 9.59 Å². The van der Waals surface area contributed by atoms with Crippen molar-refractivity contribution in [2.24, 2.45) is 5.92 Å². The molecule has 25 heavy (non-hydrogen) atoms. The lowest BCUT2D eigenvalue weighted by atomic mass is 9.95. The summed E-state index contributed by atoms with van der Waals surface area (Å²) in [5, 5.41) is 3.97. The van der Waals surface area contributed by atoms with Crippen LogP contribution in [0.1, 0.15) is 29.8 Å². The van der Waals surface area contributed by atoms with Crippen molar-refractivity contribution in [3.8, 4) is 0 Å². The zero-order valence-corrected chi connectivity index (χ0v) is 14.9. The Morgan fingerprint density at radius 2 is 1.88 bits per heavy atom. The number of hydrogen-bond acceptors (Lipinski definition) is 5. The Balaban J connectivity index is 1.67. The molecule has 130 valence electrons. The number of benzene rings is 1. The van der Waals surface area contributed by atoms with E-state index in [4.69, 9.17) is 0 Å². The van der Waals surface area contributed by atoms with Gasteiger partial charge in [-0.1, -0.05) is 43.3 Å². The smallest absolute Gasteiger partial charge is 0.248 e. The second-order valence-electron chi connectivity index (χ2n) is 6.53. The first-order valence-electron chi connectivity index (χ1n) is 8.66. The van der Waals surface area contributed by atoms with E-state index < -0.39 is 6.04 Å². The molecule has 2 amide bonds. The Labute approximate surface area is 151 Å². The highest BCUT2D eigenvalue weighted by Crippen LogP contribution is 2.41. The number of carbonyl (C=O) groups is 2. The topological polar surface area (TPSA) is 52.7 Å². The van der Waals surface area contributed by atoms with Crippen LogP contribution in [0, 0.1) is 5.92 Å². The van der Waals surface area contributed by atoms with Gasteiger partial charge in [0.25, 0.3) is 0 Å². The van der Waals surface area contributed by atoms with E-state index in [0.717, 1.165) is 16.9 Å². The summed E-state index contributed by atoms with van der Waals surface area (Å²) >= 11 is 1.62. The van der Waals surface area contributed by atoms with Crippen LogP contribution in [0.15, 0.2) is 47.8 Å². The summed E-state index contributed by atoms with van der Waals surface area (Å²) in [4.78, 5) is 28.4. The van der Waals surface area contributed by atoms with Crippen LogP contribution in [-0.2, 0) is 16.1 Å². The molecule has 6 heteroatoms. The zero-order valence-electron chi connectivity index (χ0n) is 14.1. The first-order valence-corrected chi connectivity index (χ1v) is 9.54. The number of thiophene rings is 1. The molecule has 2 aliphatic rings. The van der Waals surface area contributed by atoms with Crippen molar-refractivity contribution in [3.63, 3.8) is 0 Å². The number of hydrazine groups is 1. The van der Waals surface area contributed by atoms with Crippen molar-refractivity contribution in [1.29, 1.82) is 0 Å². The van der Waals surface area contributed by atoms with Crippen LogP contribution in [0.25, 0.3) is 0 Å². The van der Waals surface area contributed by atoms with Crippen molar-refractivity contribution >= 4 is 23.2 Å². The van der Waals surface area contributed by atoms with E-state index >= 15 is 0 Å². The van der Waals surface area contributed by atoms with Crippen molar-refractivity contribution < 1.29 is 9.59 Å². The number of rotatable bonds is 5. The molecule has 1 aromatic carbocycles. The quantitative estimate of drug-likeness (QED) is 0.838. The Bertz CT molecular complexity index is 762. The van der Waals surface area contributed by atoms with Gasteiger partial charge in [-0.2, -0.15) is 0 Å². The van der Waals surface area contributed by atoms with Gasteiger partial charge in [-0.05, 0) is 23.4 Å². The summed E-state index contributed by atoms with van der Waals surface area (Å²) in [6.07, 6.45) is 0.784. The van der Waals surface area contributed by atoms with E-state index in [2.05, 4.69) is 5.43 Å². The lowest BCUT2D eigenvalue weighted by molar-refractivity contribution is -0.141. The highest BCUT2D eigenvalue weighted by molar-refractivity contribution is 7.10. The van der Waals surface area contributed by atoms with Gasteiger partial charge >= 0.3 is 0 Å². The molecule has 2 saturated heterocycles. The Morgan fingerprint density at radius 3 is 2.56 bits per heavy atom. The van der Waals surface area contributed by atoms with Gasteiger partial charge in [-0.3, -0.25) is 14.5 Å². The standard InChI is InChI=1S/C19H21N3O2S/c1-2-10-21-18(23)15-16(14-9-6-11-25-14)20-22(17(15)19(21)24)12-13-7-4-3-5-8-13/h3-9,11,15-17,20H,2,10,12H2,1H3/t15-,16-,17-/m0/s1. The number of imide groups is 1. The summed E-state index contributed by atoms with van der Waals surface area (Å²) in [6, 6.07) is 13.5. The summed E-state index contributed by atoms with van der Waals surface area (Å²) < 4.78 is 0. The average Bonchev–Trinajstić information content (AvgIpc) is 3.31. The van der Waals surface area contributed by atoms with Gasteiger partial charge in [0.05, 0.1) is 12.0 Å². The molecule has 2 fully saturated rings. The first kappa shape index (κ1) is 16.4. The highest BCUT2D eigenvalue weighted by Gasteiger charge is 2.58. The predicted molar refractivity (Wildman–Crippen MR) is 96.5 cm³/mol. The van der Waals surface area contributed by atoms with E-state index in [1.807, 2.05) is 59.8 Å². The zero-order chi connectivity index (χ0) is 17.4. The number of hydrogen-bond donors (Lipinski definition) is 1. The third-order valence-corrected chi connectivity index (χ3v) is 5.86. The van der Waals surface area contributed by atoms with Crippen molar-refractivity contribution in [2.45, 2.75) is 32.0 Å². The monoisotopic (exact) mass is 355 g/mol. The van der Waals surface area contributed by atoms with Crippen LogP contribution in [0.2, 0.25) is 0 Å². The minimum Gasteiger partial charge on any atom is -0.281 e. The number of amides is 2. The molecule has 1 N–H and O–H groups in total. The Hall–Kier alpha value is -2.02. The van der Waals surface area contributed by atoms with Crippen molar-refractivity contribution in [1.82, 2.24) is 15.3 Å². The van der Waals surface area contributed by atoms with Crippen LogP contribution in [-0.4, -0.2) is 34.3 Å². The molecule has 0 bridgehead atoms. The summed E-state index contributed by atoms with van der Waals surface area (Å²) in [5.41, 5.74) is 4.56. The second-order valence-corrected chi connectivity index (χ2v) is 7.51. The van der Waals surface area contributed by atoms with Crippen LogP contribution in [0.4, 0.5) is 0 Å². The van der Waals surface area contributed by atoms with Crippen LogP contribution >= 0.6 is 11.3 Å². The molecule has 0 radical (unpaired) electrons. The summed E-state index contributed by atoms with van der Waals surface area (Å²) in [6.45, 7) is 3.09. The largest absolute Gasteiger partial charge is 0.281 e. The van der Waals surface area contributed by atoms with E-state index in [1.165, 1.54) is 4.90 Å². The SMILES string of the molecule is CCCN1C(=O)[C@@H]2[C@@H](C1=O)N(Cc1ccccc1)N[C@H]2c1cccs1. The van der Waals surface area contributed by atoms with Crippen LogP contribution < -0.4 is 5.43 Å². The predicted octanol–water partition coefficient (Wildman–Crippen LogP) is 2.57. The van der Waals surface area contributed by atoms with Gasteiger partial charge < -0.3 is 0 Å². The molecule has 0 aliphatic carbocycles. The minimum atomic E-state index is -0.425. The molecule has 1 aromatic heterocycles. The molecule has 0 unspecified atom stereocenters. The number of nitrogens with one attached hydrogen (secondary N) is 1. The molecular weight excluding hydrogens is 334 g/mol. The van der Waals surface area contributed by atoms with Gasteiger partial charge in [-0.15, -0.1) is 11.3 Å². The van der Waals surface area contributed by atoms with Gasteiger partial charge in [0.2, 0.25) is 11.8 Å². The maximum Gasteiger partial charge on any atom is 0.248 e. The average molecular weight is 355 g/mol. The molecule has 2 aliphatic heterocycles. The fourth-order valence-corrected chi connectivity index (χ4v) is 4.62. The minimum absolute atomic E-state index is 0.0432. The molecule has 0 saturated carbocycles. The molecule has 4 rings (SSSR count). The Kier molecular flexibility index (Phi) is 4.41. The molecule has 2 aromatic rings. The third kappa shape index (κ3) is 2.80. The molecule has 0 spiro atoms. The van der Waals surface area contributed by atoms with Crippen molar-refractivity contribution in [2.75, 3.05) is 6.54 Å². The normalized spacial score (nSPS) is 26.4. The van der Waals surface area contributed by atoms with Crippen molar-refractivity contribution in [3.05, 3.63) is 58.3 Å². The highest BCUT2D eigenvalue weighted by atomic mass is 32.1. The molecule has 5 nitrogen and oxygen atoms in total. The van der Waals surface area contributed by atoms with E-state index in [1.54, 1.807) is 11.3 Å². The van der Waals surface area contributed by atoms with Crippen LogP contribution in [0.3, 0.4) is 0 Å². The lowest BCUT2D eigenvalue weighted by Gasteiger charge is -2.24. The molecular formula is C19H21N3O2S. The fraction of sp³-hybridized carbons (Fsp3) is 0.368. The van der Waals surface area contributed by atoms with E-state index in [0.29, 0.717) is 13.1 Å². The second kappa shape index (κ2) is 6.71. The summed E-state index contributed by atoms with van der Waals surface area (Å²) in [5.74, 6) is -0.459. The fourth-order valence-electron chi connectivity index (χ4n) is 3.81. The third-order valence-electron chi connectivity index (χ3n) is 4.90. The van der Waals surface area contributed by atoms with Gasteiger partial charge in [0.1, 0.15) is 6.04 Å². The van der Waals surface area contributed by atoms with Crippen LogP contribution in [0.5, 0.6) is 0 Å². The number of nitrogens with zero attached hydrogens (tertiary/aromatic N) is 2. The maximum absolute atomic E-state index is 12.9. The molecule has 3 atom stereocenters. The van der Waals surface area contributed by atoms with Gasteiger partial charge in [-0.25, -0.2) is 10.4 Å². The Morgan fingerprint density at radius 1 is 1.08 bits per heavy atom. The summed E-state index contributed by atoms with van der Waals surface area (Å²) in [7, 11) is 0. The molecule has 3 heterocycles. The number of carbonyl (C=O) groups excluding carboxylic acids is 2. The van der Waals surface area contributed by atoms with Gasteiger partial charge in [0.15, 0.2) is 0 Å². The van der Waals surface area contributed by atoms with E-state index in [-0.39, 0.29) is 23.8 Å². The first-order chi connectivity index (χ1) is 12.2. The number of fused-ring (bicyclic) bond motifs is 1. The van der Waals surface area contributed by atoms with Gasteiger partial charge in [0, 0.05) is 18.0 Å².